The molecule has 0 saturated carbocycles. The number of ether oxygens (including phenoxy) is 1. The van der Waals surface area contributed by atoms with E-state index in [1.54, 1.807) is 6.92 Å². The third kappa shape index (κ3) is 3.69. The minimum Gasteiger partial charge on any atom is -0.495 e. The number of methoxy groups -OCH3 is 1. The number of benzene rings is 1. The Morgan fingerprint density at radius 1 is 1.55 bits per heavy atom. The molecule has 0 heterocycles. The number of hydrogen-bond acceptors (Lipinski definition) is 5. The van der Waals surface area contributed by atoms with Crippen LogP contribution in [0.5, 0.6) is 5.75 Å². The van der Waals surface area contributed by atoms with Crippen LogP contribution < -0.4 is 9.46 Å². The number of nitriles is 1. The molecule has 0 amide bonds. The highest BCUT2D eigenvalue weighted by molar-refractivity contribution is 7.89. The SMILES string of the molecule is COc1cc(C(=O)O)ccc1S(=O)(=O)NC(C)CC#N. The molecule has 0 saturated heterocycles. The molecule has 1 unspecified atom stereocenters. The molecular weight excluding hydrogens is 284 g/mol. The first-order valence-electron chi connectivity index (χ1n) is 5.62. The largest absolute Gasteiger partial charge is 0.495 e. The highest BCUT2D eigenvalue weighted by atomic mass is 32.2. The van der Waals surface area contributed by atoms with E-state index in [9.17, 15) is 13.2 Å². The van der Waals surface area contributed by atoms with Crippen LogP contribution in [0.4, 0.5) is 0 Å². The highest BCUT2D eigenvalue weighted by Gasteiger charge is 2.22. The fourth-order valence-corrected chi connectivity index (χ4v) is 2.92. The van der Waals surface area contributed by atoms with E-state index in [-0.39, 0.29) is 22.6 Å². The number of aromatic carboxylic acids is 1. The van der Waals surface area contributed by atoms with Crippen LogP contribution in [-0.4, -0.2) is 32.6 Å². The van der Waals surface area contributed by atoms with Gasteiger partial charge in [-0.2, -0.15) is 5.26 Å². The van der Waals surface area contributed by atoms with Gasteiger partial charge < -0.3 is 9.84 Å². The number of nitrogens with zero attached hydrogens (tertiary/aromatic N) is 1. The zero-order chi connectivity index (χ0) is 15.3. The van der Waals surface area contributed by atoms with Crippen molar-refractivity contribution in [3.63, 3.8) is 0 Å². The van der Waals surface area contributed by atoms with Crippen LogP contribution in [0.2, 0.25) is 0 Å². The second kappa shape index (κ2) is 6.36. The van der Waals surface area contributed by atoms with Crippen LogP contribution in [0.15, 0.2) is 23.1 Å². The predicted molar refractivity (Wildman–Crippen MR) is 70.0 cm³/mol. The van der Waals surface area contributed by atoms with Gasteiger partial charge >= 0.3 is 5.97 Å². The molecule has 0 bridgehead atoms. The number of carboxylic acid groups (broad SMARTS) is 1. The number of nitrogens with one attached hydrogen (secondary N) is 1. The number of carbonyl (C=O) groups is 1. The molecule has 0 aliphatic rings. The maximum absolute atomic E-state index is 12.1. The number of hydrogen-bond donors (Lipinski definition) is 2. The van der Waals surface area contributed by atoms with E-state index in [2.05, 4.69) is 4.72 Å². The summed E-state index contributed by atoms with van der Waals surface area (Å²) in [6.07, 6.45) is 0.0226. The highest BCUT2D eigenvalue weighted by Crippen LogP contribution is 2.25. The monoisotopic (exact) mass is 298 g/mol. The Bertz CT molecular complexity index is 648. The second-order valence-corrected chi connectivity index (χ2v) is 5.74. The van der Waals surface area contributed by atoms with Gasteiger partial charge in [-0.1, -0.05) is 0 Å². The summed E-state index contributed by atoms with van der Waals surface area (Å²) in [5.74, 6) is -1.25. The van der Waals surface area contributed by atoms with Gasteiger partial charge in [-0.05, 0) is 25.1 Å². The third-order valence-corrected chi connectivity index (χ3v) is 4.08. The molecule has 1 aromatic carbocycles. The zero-order valence-corrected chi connectivity index (χ0v) is 11.8. The molecule has 0 aliphatic carbocycles. The van der Waals surface area contributed by atoms with Crippen molar-refractivity contribution >= 4 is 16.0 Å². The van der Waals surface area contributed by atoms with Crippen LogP contribution in [0.25, 0.3) is 0 Å². The second-order valence-electron chi connectivity index (χ2n) is 4.06. The molecule has 7 nitrogen and oxygen atoms in total. The zero-order valence-electron chi connectivity index (χ0n) is 11.0. The van der Waals surface area contributed by atoms with Gasteiger partial charge in [0.1, 0.15) is 10.6 Å². The molecule has 0 aliphatic heterocycles. The first kappa shape index (κ1) is 15.9. The number of sulfonamides is 1. The van der Waals surface area contributed by atoms with E-state index in [4.69, 9.17) is 15.1 Å². The van der Waals surface area contributed by atoms with Crippen molar-refractivity contribution in [3.8, 4) is 11.8 Å². The molecule has 20 heavy (non-hydrogen) atoms. The summed E-state index contributed by atoms with van der Waals surface area (Å²) < 4.78 is 31.5. The first-order chi connectivity index (χ1) is 9.31. The summed E-state index contributed by atoms with van der Waals surface area (Å²) in [5, 5.41) is 17.4. The molecule has 8 heteroatoms. The Morgan fingerprint density at radius 3 is 2.70 bits per heavy atom. The van der Waals surface area contributed by atoms with Gasteiger partial charge in [0.25, 0.3) is 0 Å². The van der Waals surface area contributed by atoms with Gasteiger partial charge in [0.05, 0.1) is 25.2 Å². The average molecular weight is 298 g/mol. The molecule has 2 N–H and O–H groups in total. The van der Waals surface area contributed by atoms with Crippen LogP contribution in [0.3, 0.4) is 0 Å². The van der Waals surface area contributed by atoms with Gasteiger partial charge in [0.2, 0.25) is 10.0 Å². The van der Waals surface area contributed by atoms with Crippen molar-refractivity contribution in [1.29, 1.82) is 5.26 Å². The van der Waals surface area contributed by atoms with E-state index in [1.165, 1.54) is 13.2 Å². The van der Waals surface area contributed by atoms with Crippen LogP contribution >= 0.6 is 0 Å². The van der Waals surface area contributed by atoms with Crippen molar-refractivity contribution < 1.29 is 23.1 Å². The van der Waals surface area contributed by atoms with E-state index >= 15 is 0 Å². The van der Waals surface area contributed by atoms with Gasteiger partial charge in [0, 0.05) is 6.04 Å². The van der Waals surface area contributed by atoms with E-state index in [0.29, 0.717) is 0 Å². The standard InChI is InChI=1S/C12H14N2O5S/c1-8(5-6-13)14-20(17,18)11-4-3-9(12(15)16)7-10(11)19-2/h3-4,7-8,14H,5H2,1-2H3,(H,15,16). The molecule has 0 fully saturated rings. The Morgan fingerprint density at radius 2 is 2.20 bits per heavy atom. The normalized spacial score (nSPS) is 12.4. The number of carboxylic acids is 1. The number of rotatable bonds is 6. The summed E-state index contributed by atoms with van der Waals surface area (Å²) in [6.45, 7) is 1.55. The van der Waals surface area contributed by atoms with E-state index in [1.807, 2.05) is 6.07 Å². The smallest absolute Gasteiger partial charge is 0.335 e. The maximum atomic E-state index is 12.1. The lowest BCUT2D eigenvalue weighted by Crippen LogP contribution is -2.32. The van der Waals surface area contributed by atoms with Crippen molar-refractivity contribution in [3.05, 3.63) is 23.8 Å². The Kier molecular flexibility index (Phi) is 5.07. The lowest BCUT2D eigenvalue weighted by atomic mass is 10.2. The summed E-state index contributed by atoms with van der Waals surface area (Å²) >= 11 is 0. The molecule has 0 aromatic heterocycles. The van der Waals surface area contributed by atoms with Crippen LogP contribution in [0.1, 0.15) is 23.7 Å². The molecule has 1 atom stereocenters. The Labute approximate surface area is 116 Å². The predicted octanol–water partition coefficient (Wildman–Crippen LogP) is 0.974. The van der Waals surface area contributed by atoms with Gasteiger partial charge in [-0.25, -0.2) is 17.9 Å². The fraction of sp³-hybridized carbons (Fsp3) is 0.333. The average Bonchev–Trinajstić information content (AvgIpc) is 2.37. The summed E-state index contributed by atoms with van der Waals surface area (Å²) in [7, 11) is -2.64. The summed E-state index contributed by atoms with van der Waals surface area (Å²) in [6, 6.07) is 4.76. The van der Waals surface area contributed by atoms with Crippen LogP contribution in [0, 0.1) is 11.3 Å². The van der Waals surface area contributed by atoms with Crippen molar-refractivity contribution in [2.45, 2.75) is 24.3 Å². The van der Waals surface area contributed by atoms with Gasteiger partial charge in [-0.15, -0.1) is 0 Å². The first-order valence-corrected chi connectivity index (χ1v) is 7.10. The van der Waals surface area contributed by atoms with Gasteiger partial charge in [-0.3, -0.25) is 0 Å². The maximum Gasteiger partial charge on any atom is 0.335 e. The molecule has 1 rings (SSSR count). The molecular formula is C12H14N2O5S. The molecule has 1 aromatic rings. The lowest BCUT2D eigenvalue weighted by Gasteiger charge is -2.14. The van der Waals surface area contributed by atoms with Gasteiger partial charge in [0.15, 0.2) is 0 Å². The van der Waals surface area contributed by atoms with E-state index in [0.717, 1.165) is 12.1 Å². The summed E-state index contributed by atoms with van der Waals surface area (Å²) in [5.41, 5.74) is -0.0779. The molecule has 0 spiro atoms. The topological polar surface area (TPSA) is 116 Å². The summed E-state index contributed by atoms with van der Waals surface area (Å²) in [4.78, 5) is 10.7. The minimum absolute atomic E-state index is 0.0226. The Balaban J connectivity index is 3.19. The van der Waals surface area contributed by atoms with Crippen LogP contribution in [-0.2, 0) is 10.0 Å². The minimum atomic E-state index is -3.89. The quantitative estimate of drug-likeness (QED) is 0.808. The van der Waals surface area contributed by atoms with E-state index < -0.39 is 22.0 Å². The molecule has 0 radical (unpaired) electrons. The van der Waals surface area contributed by atoms with Crippen molar-refractivity contribution in [2.24, 2.45) is 0 Å². The fourth-order valence-electron chi connectivity index (χ4n) is 1.53. The lowest BCUT2D eigenvalue weighted by molar-refractivity contribution is 0.0696. The van der Waals surface area contributed by atoms with Crippen molar-refractivity contribution in [2.75, 3.05) is 7.11 Å². The van der Waals surface area contributed by atoms with Crippen molar-refractivity contribution in [1.82, 2.24) is 4.72 Å². The molecule has 108 valence electrons. The Hall–Kier alpha value is -2.11. The third-order valence-electron chi connectivity index (χ3n) is 2.45.